The van der Waals surface area contributed by atoms with E-state index < -0.39 is 24.2 Å². The van der Waals surface area contributed by atoms with E-state index in [4.69, 9.17) is 0 Å². The summed E-state index contributed by atoms with van der Waals surface area (Å²) in [6.45, 7) is 24.0. The quantitative estimate of drug-likeness (QED) is 0.538. The maximum Gasteiger partial charge on any atom is 1.00 e. The molecule has 0 nitrogen and oxygen atoms in total. The second kappa shape index (κ2) is 6.27. The largest absolute Gasteiger partial charge is 1.00 e. The molecule has 0 unspecified atom stereocenters. The van der Waals surface area contributed by atoms with Gasteiger partial charge in [0, 0.05) is 0 Å². The first-order chi connectivity index (χ1) is 5.93. The molecule has 0 aliphatic heterocycles. The monoisotopic (exact) mass is 282 g/mol. The van der Waals surface area contributed by atoms with E-state index in [1.807, 2.05) is 4.79 Å². The molecule has 4 heteroatoms. The molecular weight excluding hydrogens is 255 g/mol. The van der Waals surface area contributed by atoms with E-state index in [0.717, 1.165) is 0 Å². The number of hydrogen-bond donors (Lipinski definition) is 0. The van der Waals surface area contributed by atoms with Crippen LogP contribution in [0.3, 0.4) is 0 Å². The van der Waals surface area contributed by atoms with Crippen LogP contribution in [0.1, 0.15) is 0 Å². The molecule has 0 rings (SSSR count). The maximum absolute atomic E-state index is 4.07. The summed E-state index contributed by atoms with van der Waals surface area (Å²) >= 11 is 0. The van der Waals surface area contributed by atoms with E-state index in [-0.39, 0.29) is 51.4 Å². The Labute approximate surface area is 143 Å². The van der Waals surface area contributed by atoms with Gasteiger partial charge in [-0.05, 0) is 0 Å². The van der Waals surface area contributed by atoms with Gasteiger partial charge in [0.25, 0.3) is 0 Å². The van der Waals surface area contributed by atoms with Gasteiger partial charge in [0.15, 0.2) is 0 Å². The number of hydrogen-bond acceptors (Lipinski definition) is 0. The fraction of sp³-hybridized carbons (Fsp3) is 0.727. The molecule has 84 valence electrons. The van der Waals surface area contributed by atoms with Gasteiger partial charge in [-0.15, -0.1) is 28.4 Å². The molecule has 0 aromatic heterocycles. The van der Waals surface area contributed by atoms with Gasteiger partial charge in [-0.3, -0.25) is 0 Å². The SMILES string of the molecule is C=C[Si](C)(C)[C-]([Si](C)(C)C)[Si](C)(C)C.[K+]. The van der Waals surface area contributed by atoms with Gasteiger partial charge in [-0.2, -0.15) is 0 Å². The molecule has 0 aromatic carbocycles. The maximum atomic E-state index is 4.07. The molecule has 0 spiro atoms. The molecule has 0 atom stereocenters. The van der Waals surface area contributed by atoms with Gasteiger partial charge in [0.1, 0.15) is 0 Å². The second-order valence-electron chi connectivity index (χ2n) is 6.80. The average molecular weight is 283 g/mol. The summed E-state index contributed by atoms with van der Waals surface area (Å²) in [5.74, 6) is 0. The summed E-state index contributed by atoms with van der Waals surface area (Å²) in [6.07, 6.45) is 0. The molecule has 0 N–H and O–H groups in total. The Hall–Kier alpha value is 2.03. The van der Waals surface area contributed by atoms with Crippen LogP contribution in [0, 0.1) is 4.79 Å². The molecule has 0 amide bonds. The predicted molar refractivity (Wildman–Crippen MR) is 77.6 cm³/mol. The van der Waals surface area contributed by atoms with Crippen molar-refractivity contribution in [3.63, 3.8) is 0 Å². The minimum absolute atomic E-state index is 0. The third kappa shape index (κ3) is 5.95. The summed E-state index contributed by atoms with van der Waals surface area (Å²) in [5, 5.41) is 0. The van der Waals surface area contributed by atoms with E-state index in [9.17, 15) is 0 Å². The molecule has 0 bridgehead atoms. The van der Waals surface area contributed by atoms with Crippen molar-refractivity contribution >= 4 is 24.2 Å². The topological polar surface area (TPSA) is 0 Å². The molecule has 0 saturated heterocycles. The first kappa shape index (κ1) is 19.4. The van der Waals surface area contributed by atoms with Crippen LogP contribution >= 0.6 is 0 Å². The van der Waals surface area contributed by atoms with Crippen LogP contribution < -0.4 is 51.4 Å². The molecule has 0 fully saturated rings. The minimum Gasteiger partial charge on any atom is -0.307 e. The zero-order valence-corrected chi connectivity index (χ0v) is 18.4. The van der Waals surface area contributed by atoms with E-state index in [1.54, 1.807) is 0 Å². The van der Waals surface area contributed by atoms with Crippen molar-refractivity contribution in [3.8, 4) is 0 Å². The fourth-order valence-electron chi connectivity index (χ4n) is 3.16. The summed E-state index contributed by atoms with van der Waals surface area (Å²) in [7, 11) is -3.49. The van der Waals surface area contributed by atoms with Gasteiger partial charge in [-0.25, -0.2) is 0 Å². The van der Waals surface area contributed by atoms with Gasteiger partial charge >= 0.3 is 51.4 Å². The smallest absolute Gasteiger partial charge is 0.307 e. The normalized spacial score (nSPS) is 13.7. The van der Waals surface area contributed by atoms with E-state index in [2.05, 4.69) is 64.7 Å². The van der Waals surface area contributed by atoms with E-state index in [0.29, 0.717) is 0 Å². The summed E-state index contributed by atoms with van der Waals surface area (Å²) in [6, 6.07) is 0. The van der Waals surface area contributed by atoms with Crippen LogP contribution in [-0.4, -0.2) is 24.2 Å². The Morgan fingerprint density at radius 2 is 1.07 bits per heavy atom. The van der Waals surface area contributed by atoms with Crippen molar-refractivity contribution in [1.29, 1.82) is 0 Å². The van der Waals surface area contributed by atoms with E-state index >= 15 is 0 Å². The zero-order chi connectivity index (χ0) is 11.8. The molecule has 0 aliphatic carbocycles. The average Bonchev–Trinajstić information content (AvgIpc) is 1.79. The molecule has 0 saturated carbocycles. The predicted octanol–water partition coefficient (Wildman–Crippen LogP) is 1.29. The summed E-state index contributed by atoms with van der Waals surface area (Å²) < 4.78 is 0. The second-order valence-corrected chi connectivity index (χ2v) is 22.7. The first-order valence-corrected chi connectivity index (χ1v) is 15.5. The van der Waals surface area contributed by atoms with Crippen molar-refractivity contribution in [2.24, 2.45) is 0 Å². The van der Waals surface area contributed by atoms with Crippen LogP contribution in [0.4, 0.5) is 0 Å². The van der Waals surface area contributed by atoms with Crippen molar-refractivity contribution in [1.82, 2.24) is 0 Å². The third-order valence-corrected chi connectivity index (χ3v) is 20.8. The molecule has 0 heterocycles. The van der Waals surface area contributed by atoms with Crippen molar-refractivity contribution in [2.75, 3.05) is 0 Å². The van der Waals surface area contributed by atoms with E-state index in [1.165, 1.54) is 0 Å². The van der Waals surface area contributed by atoms with Crippen molar-refractivity contribution in [3.05, 3.63) is 17.1 Å². The van der Waals surface area contributed by atoms with Crippen molar-refractivity contribution < 1.29 is 51.4 Å². The molecule has 0 aromatic rings. The third-order valence-electron chi connectivity index (χ3n) is 2.65. The van der Waals surface area contributed by atoms with Crippen molar-refractivity contribution in [2.45, 2.75) is 52.4 Å². The molecule has 0 aliphatic rings. The van der Waals surface area contributed by atoms with Crippen LogP contribution in [0.15, 0.2) is 12.3 Å². The minimum atomic E-state index is -1.27. The van der Waals surface area contributed by atoms with Crippen LogP contribution in [0.5, 0.6) is 0 Å². The Morgan fingerprint density at radius 1 is 0.800 bits per heavy atom. The standard InChI is InChI=1S/C11H27Si3.K/c1-10-14(8,9)11(12(2,3)4)13(5,6)7;/h10H,1H2,2-9H3;/q-1;+1. The summed E-state index contributed by atoms with van der Waals surface area (Å²) in [5.41, 5.74) is 2.28. The Bertz CT molecular complexity index is 197. The van der Waals surface area contributed by atoms with Crippen LogP contribution in [0.2, 0.25) is 52.4 Å². The van der Waals surface area contributed by atoms with Gasteiger partial charge in [0.05, 0.1) is 0 Å². The van der Waals surface area contributed by atoms with Crippen LogP contribution in [-0.2, 0) is 0 Å². The Morgan fingerprint density at radius 3 is 1.13 bits per heavy atom. The summed E-state index contributed by atoms with van der Waals surface area (Å²) in [4.78, 5) is 1.98. The molecular formula is C11H27KSi3. The van der Waals surface area contributed by atoms with Gasteiger partial charge in [0.2, 0.25) is 0 Å². The fourth-order valence-corrected chi connectivity index (χ4v) is 28.4. The molecule has 0 radical (unpaired) electrons. The molecule has 15 heavy (non-hydrogen) atoms. The Balaban J connectivity index is 0. The first-order valence-electron chi connectivity index (χ1n) is 5.45. The Kier molecular flexibility index (Phi) is 8.09. The zero-order valence-electron chi connectivity index (χ0n) is 12.3. The van der Waals surface area contributed by atoms with Crippen LogP contribution in [0.25, 0.3) is 0 Å². The van der Waals surface area contributed by atoms with Gasteiger partial charge in [-0.1, -0.05) is 60.4 Å². The van der Waals surface area contributed by atoms with Gasteiger partial charge < -0.3 is 4.79 Å². The number of rotatable bonds is 4.